The molecule has 0 unspecified atom stereocenters. The van der Waals surface area contributed by atoms with Gasteiger partial charge in [-0.15, -0.1) is 0 Å². The monoisotopic (exact) mass is 477 g/mol. The summed E-state index contributed by atoms with van der Waals surface area (Å²) in [5, 5.41) is 0. The first-order valence-electron chi connectivity index (χ1n) is 11.1. The molecule has 2 aromatic heterocycles. The van der Waals surface area contributed by atoms with Crippen molar-refractivity contribution in [2.75, 3.05) is 17.7 Å². The number of ether oxygens (including phenoxy) is 2. The molecule has 3 rings (SSSR count). The molecule has 9 nitrogen and oxygen atoms in total. The Hall–Kier alpha value is -4.06. The van der Waals surface area contributed by atoms with E-state index in [4.69, 9.17) is 15.2 Å². The standard InChI is InChI=1S/C26H31N5O4/c1-25(2,3)34-23(32)17-11-9-10-16(14-17)12-13-18-20-19(28-15-30(20)7)22(29-21(18)27)31(8)24(33)35-26(4,5)6/h9-11,14-15H,1-8H3,(H2,27,29). The van der Waals surface area contributed by atoms with Gasteiger partial charge in [0.25, 0.3) is 0 Å². The lowest BCUT2D eigenvalue weighted by Gasteiger charge is -2.24. The number of amides is 1. The van der Waals surface area contributed by atoms with E-state index < -0.39 is 23.3 Å². The van der Waals surface area contributed by atoms with Gasteiger partial charge in [-0.25, -0.2) is 19.6 Å². The number of aryl methyl sites for hydroxylation is 1. The van der Waals surface area contributed by atoms with Crippen LogP contribution in [0.2, 0.25) is 0 Å². The Morgan fingerprint density at radius 1 is 1.06 bits per heavy atom. The van der Waals surface area contributed by atoms with Crippen molar-refractivity contribution in [3.05, 3.63) is 47.3 Å². The molecule has 184 valence electrons. The molecule has 0 atom stereocenters. The summed E-state index contributed by atoms with van der Waals surface area (Å²) in [6, 6.07) is 6.87. The second-order valence-electron chi connectivity index (χ2n) is 10.1. The summed E-state index contributed by atoms with van der Waals surface area (Å²) in [5.74, 6) is 6.09. The third-order valence-electron chi connectivity index (χ3n) is 4.68. The van der Waals surface area contributed by atoms with E-state index in [0.29, 0.717) is 27.7 Å². The minimum absolute atomic E-state index is 0.141. The number of nitrogens with zero attached hydrogens (tertiary/aromatic N) is 4. The molecule has 9 heteroatoms. The number of pyridine rings is 1. The normalized spacial score (nSPS) is 11.5. The molecule has 35 heavy (non-hydrogen) atoms. The lowest BCUT2D eigenvalue weighted by atomic mass is 10.1. The molecule has 0 aliphatic carbocycles. The zero-order valence-corrected chi connectivity index (χ0v) is 21.4. The maximum absolute atomic E-state index is 12.6. The molecular formula is C26H31N5O4. The zero-order chi connectivity index (χ0) is 26.1. The van der Waals surface area contributed by atoms with Crippen molar-refractivity contribution >= 4 is 34.7 Å². The molecule has 0 saturated heterocycles. The molecule has 0 bridgehead atoms. The summed E-state index contributed by atoms with van der Waals surface area (Å²) in [7, 11) is 3.36. The fourth-order valence-electron chi connectivity index (χ4n) is 3.20. The van der Waals surface area contributed by atoms with Crippen LogP contribution in [0.15, 0.2) is 30.6 Å². The fourth-order valence-corrected chi connectivity index (χ4v) is 3.20. The predicted octanol–water partition coefficient (Wildman–Crippen LogP) is 4.28. The largest absolute Gasteiger partial charge is 0.456 e. The zero-order valence-electron chi connectivity index (χ0n) is 21.4. The SMILES string of the molecule is CN(C(=O)OC(C)(C)C)c1nc(N)c(C#Cc2cccc(C(=O)OC(C)(C)C)c2)c2c1ncn2C. The summed E-state index contributed by atoms with van der Waals surface area (Å²) < 4.78 is 12.7. The second-order valence-corrected chi connectivity index (χ2v) is 10.1. The van der Waals surface area contributed by atoms with Gasteiger partial charge in [0.05, 0.1) is 23.0 Å². The summed E-state index contributed by atoms with van der Waals surface area (Å²) in [4.78, 5) is 35.1. The smallest absolute Gasteiger partial charge is 0.415 e. The number of hydrogen-bond acceptors (Lipinski definition) is 7. The third-order valence-corrected chi connectivity index (χ3v) is 4.68. The summed E-state index contributed by atoms with van der Waals surface area (Å²) >= 11 is 0. The number of imidazole rings is 1. The lowest BCUT2D eigenvalue weighted by molar-refractivity contribution is 0.00692. The van der Waals surface area contributed by atoms with Gasteiger partial charge in [0.1, 0.15) is 22.5 Å². The molecule has 0 spiro atoms. The number of nitrogens with two attached hydrogens (primary N) is 1. The van der Waals surface area contributed by atoms with Gasteiger partial charge in [-0.1, -0.05) is 17.9 Å². The fraction of sp³-hybridized carbons (Fsp3) is 0.385. The van der Waals surface area contributed by atoms with E-state index >= 15 is 0 Å². The maximum atomic E-state index is 12.6. The molecule has 2 N–H and O–H groups in total. The van der Waals surface area contributed by atoms with Crippen LogP contribution in [-0.2, 0) is 16.5 Å². The van der Waals surface area contributed by atoms with Crippen molar-refractivity contribution in [3.63, 3.8) is 0 Å². The number of fused-ring (bicyclic) bond motifs is 1. The average Bonchev–Trinajstić information content (AvgIpc) is 3.11. The Balaban J connectivity index is 2.02. The van der Waals surface area contributed by atoms with Gasteiger partial charge >= 0.3 is 12.1 Å². The van der Waals surface area contributed by atoms with Crippen molar-refractivity contribution in [3.8, 4) is 11.8 Å². The molecular weight excluding hydrogens is 446 g/mol. The van der Waals surface area contributed by atoms with E-state index in [1.165, 1.54) is 4.90 Å². The molecule has 2 heterocycles. The van der Waals surface area contributed by atoms with E-state index in [0.717, 1.165) is 0 Å². The van der Waals surface area contributed by atoms with Gasteiger partial charge in [0, 0.05) is 19.7 Å². The second kappa shape index (κ2) is 9.29. The number of esters is 1. The van der Waals surface area contributed by atoms with Crippen LogP contribution in [-0.4, -0.2) is 44.8 Å². The summed E-state index contributed by atoms with van der Waals surface area (Å²) in [6.07, 6.45) is 1.03. The van der Waals surface area contributed by atoms with E-state index in [2.05, 4.69) is 21.8 Å². The highest BCUT2D eigenvalue weighted by molar-refractivity contribution is 6.00. The van der Waals surface area contributed by atoms with Crippen molar-refractivity contribution in [1.82, 2.24) is 14.5 Å². The van der Waals surface area contributed by atoms with Crippen LogP contribution in [0.3, 0.4) is 0 Å². The number of carbonyl (C=O) groups is 2. The molecule has 3 aromatic rings. The van der Waals surface area contributed by atoms with E-state index in [1.807, 2.05) is 20.8 Å². The Kier molecular flexibility index (Phi) is 6.79. The van der Waals surface area contributed by atoms with Crippen LogP contribution < -0.4 is 10.6 Å². The highest BCUT2D eigenvalue weighted by Gasteiger charge is 2.25. The van der Waals surface area contributed by atoms with Crippen LogP contribution in [0.5, 0.6) is 0 Å². The molecule has 0 aliphatic rings. The van der Waals surface area contributed by atoms with E-state index in [1.54, 1.807) is 70.0 Å². The van der Waals surface area contributed by atoms with Gasteiger partial charge in [-0.3, -0.25) is 4.90 Å². The molecule has 0 radical (unpaired) electrons. The Morgan fingerprint density at radius 3 is 2.34 bits per heavy atom. The van der Waals surface area contributed by atoms with Crippen LogP contribution >= 0.6 is 0 Å². The quantitative estimate of drug-likeness (QED) is 0.433. The number of nitrogen functional groups attached to an aromatic ring is 1. The minimum atomic E-state index is -0.667. The molecule has 1 amide bonds. The van der Waals surface area contributed by atoms with Crippen LogP contribution in [0.1, 0.15) is 63.0 Å². The first-order chi connectivity index (χ1) is 16.2. The van der Waals surface area contributed by atoms with Gasteiger partial charge in [-0.2, -0.15) is 0 Å². The molecule has 0 fully saturated rings. The average molecular weight is 478 g/mol. The van der Waals surface area contributed by atoms with Crippen molar-refractivity contribution < 1.29 is 19.1 Å². The highest BCUT2D eigenvalue weighted by atomic mass is 16.6. The van der Waals surface area contributed by atoms with Crippen LogP contribution in [0, 0.1) is 11.8 Å². The number of benzene rings is 1. The topological polar surface area (TPSA) is 113 Å². The molecule has 1 aromatic carbocycles. The van der Waals surface area contributed by atoms with E-state index in [-0.39, 0.29) is 11.6 Å². The number of rotatable bonds is 2. The Bertz CT molecular complexity index is 1350. The van der Waals surface area contributed by atoms with Crippen molar-refractivity contribution in [1.29, 1.82) is 0 Å². The Labute approximate surface area is 205 Å². The molecule has 0 aliphatic heterocycles. The number of hydrogen-bond donors (Lipinski definition) is 1. The minimum Gasteiger partial charge on any atom is -0.456 e. The Morgan fingerprint density at radius 2 is 1.71 bits per heavy atom. The summed E-state index contributed by atoms with van der Waals surface area (Å²) in [5.41, 5.74) is 7.57. The molecule has 0 saturated carbocycles. The maximum Gasteiger partial charge on any atom is 0.415 e. The predicted molar refractivity (Wildman–Crippen MR) is 135 cm³/mol. The number of anilines is 2. The number of aromatic nitrogens is 3. The lowest BCUT2D eigenvalue weighted by Crippen LogP contribution is -2.34. The van der Waals surface area contributed by atoms with Gasteiger partial charge < -0.3 is 19.8 Å². The van der Waals surface area contributed by atoms with Gasteiger partial charge in [0.15, 0.2) is 5.82 Å². The van der Waals surface area contributed by atoms with Crippen LogP contribution in [0.4, 0.5) is 16.4 Å². The van der Waals surface area contributed by atoms with Gasteiger partial charge in [-0.05, 0) is 59.7 Å². The third kappa shape index (κ3) is 6.09. The summed E-state index contributed by atoms with van der Waals surface area (Å²) in [6.45, 7) is 10.8. The van der Waals surface area contributed by atoms with E-state index in [9.17, 15) is 9.59 Å². The van der Waals surface area contributed by atoms with Crippen molar-refractivity contribution in [2.45, 2.75) is 52.7 Å². The first-order valence-corrected chi connectivity index (χ1v) is 11.1. The van der Waals surface area contributed by atoms with Crippen LogP contribution in [0.25, 0.3) is 11.0 Å². The van der Waals surface area contributed by atoms with Gasteiger partial charge in [0.2, 0.25) is 0 Å². The highest BCUT2D eigenvalue weighted by Crippen LogP contribution is 2.29. The number of carbonyl (C=O) groups excluding carboxylic acids is 2. The van der Waals surface area contributed by atoms with Crippen molar-refractivity contribution in [2.24, 2.45) is 7.05 Å². The first kappa shape index (κ1) is 25.6.